The van der Waals surface area contributed by atoms with E-state index in [-0.39, 0.29) is 0 Å². The zero-order valence-electron chi connectivity index (χ0n) is 8.82. The molecule has 2 heteroatoms. The lowest BCUT2D eigenvalue weighted by molar-refractivity contribution is 0.745. The van der Waals surface area contributed by atoms with Crippen molar-refractivity contribution in [3.63, 3.8) is 0 Å². The van der Waals surface area contributed by atoms with Gasteiger partial charge in [-0.2, -0.15) is 0 Å². The van der Waals surface area contributed by atoms with Crippen LogP contribution in [0.4, 0.5) is 0 Å². The minimum absolute atomic E-state index is 0.784. The Kier molecular flexibility index (Phi) is 3.30. The number of hydrogen-bond acceptors (Lipinski definition) is 2. The van der Waals surface area contributed by atoms with Gasteiger partial charge in [0.1, 0.15) is 0 Å². The van der Waals surface area contributed by atoms with E-state index in [1.807, 2.05) is 12.3 Å². The average Bonchev–Trinajstić information content (AvgIpc) is 2.29. The molecule has 78 valence electrons. The standard InChI is InChI=1S/C13H16N2/c14-8-2-1-4-11-6-7-12-5-3-9-15-13(12)10-11/h3,5-7,9-10H,1-2,4,8,14H2. The SMILES string of the molecule is NCCCCc1ccc2cccnc2c1. The van der Waals surface area contributed by atoms with Crippen molar-refractivity contribution in [3.05, 3.63) is 42.1 Å². The molecule has 0 bridgehead atoms. The molecule has 0 atom stereocenters. The second-order valence-corrected chi connectivity index (χ2v) is 3.78. The monoisotopic (exact) mass is 200 g/mol. The lowest BCUT2D eigenvalue weighted by Crippen LogP contribution is -1.98. The average molecular weight is 200 g/mol. The summed E-state index contributed by atoms with van der Waals surface area (Å²) in [6.45, 7) is 0.784. The van der Waals surface area contributed by atoms with Gasteiger partial charge in [-0.1, -0.05) is 18.2 Å². The smallest absolute Gasteiger partial charge is 0.0704 e. The molecule has 0 saturated heterocycles. The molecule has 2 nitrogen and oxygen atoms in total. The van der Waals surface area contributed by atoms with E-state index < -0.39 is 0 Å². The van der Waals surface area contributed by atoms with Crippen molar-refractivity contribution in [2.45, 2.75) is 19.3 Å². The van der Waals surface area contributed by atoms with E-state index in [0.717, 1.165) is 31.3 Å². The van der Waals surface area contributed by atoms with Gasteiger partial charge in [-0.25, -0.2) is 0 Å². The van der Waals surface area contributed by atoms with Crippen molar-refractivity contribution in [2.75, 3.05) is 6.54 Å². The maximum Gasteiger partial charge on any atom is 0.0704 e. The van der Waals surface area contributed by atoms with Crippen LogP contribution in [0.3, 0.4) is 0 Å². The Bertz CT molecular complexity index is 437. The summed E-state index contributed by atoms with van der Waals surface area (Å²) in [5.74, 6) is 0. The Morgan fingerprint density at radius 3 is 2.93 bits per heavy atom. The van der Waals surface area contributed by atoms with E-state index in [2.05, 4.69) is 29.2 Å². The van der Waals surface area contributed by atoms with Crippen molar-refractivity contribution >= 4 is 10.9 Å². The minimum atomic E-state index is 0.784. The van der Waals surface area contributed by atoms with Crippen LogP contribution in [0, 0.1) is 0 Å². The van der Waals surface area contributed by atoms with Crippen molar-refractivity contribution in [2.24, 2.45) is 5.73 Å². The predicted molar refractivity (Wildman–Crippen MR) is 63.7 cm³/mol. The first-order chi connectivity index (χ1) is 7.40. The maximum atomic E-state index is 5.47. The number of nitrogens with zero attached hydrogens (tertiary/aromatic N) is 1. The molecule has 2 rings (SSSR count). The molecule has 1 aromatic carbocycles. The van der Waals surface area contributed by atoms with Crippen LogP contribution in [0.1, 0.15) is 18.4 Å². The number of hydrogen-bond donors (Lipinski definition) is 1. The molecule has 1 heterocycles. The normalized spacial score (nSPS) is 10.7. The summed E-state index contributed by atoms with van der Waals surface area (Å²) in [7, 11) is 0. The van der Waals surface area contributed by atoms with Gasteiger partial charge in [0, 0.05) is 11.6 Å². The van der Waals surface area contributed by atoms with Crippen LogP contribution >= 0.6 is 0 Å². The molecule has 0 aliphatic heterocycles. The van der Waals surface area contributed by atoms with Crippen molar-refractivity contribution in [3.8, 4) is 0 Å². The molecule has 2 N–H and O–H groups in total. The number of unbranched alkanes of at least 4 members (excludes halogenated alkanes) is 1. The molecule has 15 heavy (non-hydrogen) atoms. The molecular weight excluding hydrogens is 184 g/mol. The first kappa shape index (κ1) is 10.1. The van der Waals surface area contributed by atoms with Crippen LogP contribution in [-0.2, 0) is 6.42 Å². The van der Waals surface area contributed by atoms with Crippen LogP contribution < -0.4 is 5.73 Å². The summed E-state index contributed by atoms with van der Waals surface area (Å²) in [6.07, 6.45) is 5.20. The first-order valence-electron chi connectivity index (χ1n) is 5.44. The van der Waals surface area contributed by atoms with E-state index in [1.54, 1.807) is 0 Å². The zero-order valence-corrected chi connectivity index (χ0v) is 8.82. The molecule has 0 fully saturated rings. The molecule has 0 unspecified atom stereocenters. The first-order valence-corrected chi connectivity index (χ1v) is 5.44. The third kappa shape index (κ3) is 2.54. The second-order valence-electron chi connectivity index (χ2n) is 3.78. The largest absolute Gasteiger partial charge is 0.330 e. The zero-order chi connectivity index (χ0) is 10.5. The summed E-state index contributed by atoms with van der Waals surface area (Å²) in [5.41, 5.74) is 7.91. The summed E-state index contributed by atoms with van der Waals surface area (Å²) >= 11 is 0. The highest BCUT2D eigenvalue weighted by atomic mass is 14.6. The van der Waals surface area contributed by atoms with E-state index in [1.165, 1.54) is 10.9 Å². The third-order valence-corrected chi connectivity index (χ3v) is 2.59. The van der Waals surface area contributed by atoms with Gasteiger partial charge in [0.05, 0.1) is 5.52 Å². The number of nitrogens with two attached hydrogens (primary N) is 1. The lowest BCUT2D eigenvalue weighted by Gasteiger charge is -2.02. The van der Waals surface area contributed by atoms with Gasteiger partial charge >= 0.3 is 0 Å². The van der Waals surface area contributed by atoms with Gasteiger partial charge in [-0.05, 0) is 43.5 Å². The van der Waals surface area contributed by atoms with Gasteiger partial charge in [-0.15, -0.1) is 0 Å². The van der Waals surface area contributed by atoms with Gasteiger partial charge in [0.2, 0.25) is 0 Å². The third-order valence-electron chi connectivity index (χ3n) is 2.59. The number of aryl methyl sites for hydroxylation is 1. The lowest BCUT2D eigenvalue weighted by atomic mass is 10.1. The number of rotatable bonds is 4. The van der Waals surface area contributed by atoms with Crippen LogP contribution in [0.25, 0.3) is 10.9 Å². The molecular formula is C13H16N2. The summed E-state index contributed by atoms with van der Waals surface area (Å²) in [6, 6.07) is 10.6. The topological polar surface area (TPSA) is 38.9 Å². The van der Waals surface area contributed by atoms with Crippen LogP contribution in [0.2, 0.25) is 0 Å². The molecule has 0 saturated carbocycles. The van der Waals surface area contributed by atoms with Crippen LogP contribution in [0.5, 0.6) is 0 Å². The molecule has 0 spiro atoms. The summed E-state index contributed by atoms with van der Waals surface area (Å²) < 4.78 is 0. The highest BCUT2D eigenvalue weighted by molar-refractivity contribution is 5.78. The summed E-state index contributed by atoms with van der Waals surface area (Å²) in [4.78, 5) is 4.35. The predicted octanol–water partition coefficient (Wildman–Crippen LogP) is 2.52. The van der Waals surface area contributed by atoms with Gasteiger partial charge in [0.25, 0.3) is 0 Å². The molecule has 1 aromatic heterocycles. The fourth-order valence-corrected chi connectivity index (χ4v) is 1.74. The molecule has 0 amide bonds. The summed E-state index contributed by atoms with van der Waals surface area (Å²) in [5, 5.41) is 1.21. The Hall–Kier alpha value is -1.41. The van der Waals surface area contributed by atoms with E-state index in [0.29, 0.717) is 0 Å². The Morgan fingerprint density at radius 2 is 2.07 bits per heavy atom. The van der Waals surface area contributed by atoms with Gasteiger partial charge < -0.3 is 5.73 Å². The van der Waals surface area contributed by atoms with Gasteiger partial charge in [0.15, 0.2) is 0 Å². The second kappa shape index (κ2) is 4.89. The molecule has 0 aliphatic rings. The van der Waals surface area contributed by atoms with Gasteiger partial charge in [-0.3, -0.25) is 4.98 Å². The van der Waals surface area contributed by atoms with Crippen molar-refractivity contribution < 1.29 is 0 Å². The fraction of sp³-hybridized carbons (Fsp3) is 0.308. The van der Waals surface area contributed by atoms with E-state index >= 15 is 0 Å². The quantitative estimate of drug-likeness (QED) is 0.770. The fourth-order valence-electron chi connectivity index (χ4n) is 1.74. The highest BCUT2D eigenvalue weighted by Gasteiger charge is 1.96. The molecule has 2 aromatic rings. The van der Waals surface area contributed by atoms with Crippen molar-refractivity contribution in [1.29, 1.82) is 0 Å². The molecule has 0 radical (unpaired) electrons. The Balaban J connectivity index is 2.16. The van der Waals surface area contributed by atoms with Crippen LogP contribution in [-0.4, -0.2) is 11.5 Å². The maximum absolute atomic E-state index is 5.47. The van der Waals surface area contributed by atoms with Crippen molar-refractivity contribution in [1.82, 2.24) is 4.98 Å². The number of pyridine rings is 1. The molecule has 0 aliphatic carbocycles. The number of benzene rings is 1. The minimum Gasteiger partial charge on any atom is -0.330 e. The number of fused-ring (bicyclic) bond motifs is 1. The van der Waals surface area contributed by atoms with Crippen LogP contribution in [0.15, 0.2) is 36.5 Å². The Morgan fingerprint density at radius 1 is 1.13 bits per heavy atom. The van der Waals surface area contributed by atoms with E-state index in [4.69, 9.17) is 5.73 Å². The number of aromatic nitrogens is 1. The van der Waals surface area contributed by atoms with E-state index in [9.17, 15) is 0 Å². The highest BCUT2D eigenvalue weighted by Crippen LogP contribution is 2.14. The Labute approximate surface area is 90.1 Å².